The molecule has 1 atom stereocenters. The van der Waals surface area contributed by atoms with E-state index in [1.54, 1.807) is 14.0 Å². The standard InChI is InChI=1S/C21H16F2N4O2S/c1-10-18-12(19-13(22)4-3-5-14(19)23)9-17(28)25-20(18)27(26-10)21-24-15-7-6-11(29-2)8-16(15)30-21/h3-8,12H,9H2,1-2H3,(H,25,28)/t12-/m1/s1. The molecule has 1 aliphatic rings. The van der Waals surface area contributed by atoms with Gasteiger partial charge in [0.25, 0.3) is 0 Å². The fraction of sp³-hybridized carbons (Fsp3) is 0.190. The van der Waals surface area contributed by atoms with E-state index >= 15 is 0 Å². The number of hydrogen-bond acceptors (Lipinski definition) is 5. The van der Waals surface area contributed by atoms with Gasteiger partial charge in [0.2, 0.25) is 11.0 Å². The molecule has 9 heteroatoms. The van der Waals surface area contributed by atoms with Crippen LogP contribution >= 0.6 is 11.3 Å². The number of nitrogens with one attached hydrogen (secondary N) is 1. The Balaban J connectivity index is 1.69. The second-order valence-corrected chi connectivity index (χ2v) is 8.04. The first-order valence-electron chi connectivity index (χ1n) is 9.24. The SMILES string of the molecule is COc1ccc2nc(-n3nc(C)c4c3NC(=O)C[C@H]4c3c(F)cccc3F)sc2c1. The number of rotatable bonds is 3. The molecule has 2 aromatic carbocycles. The van der Waals surface area contributed by atoms with Crippen LogP contribution in [0.4, 0.5) is 14.6 Å². The second-order valence-electron chi connectivity index (χ2n) is 7.03. The number of carbonyl (C=O) groups is 1. The summed E-state index contributed by atoms with van der Waals surface area (Å²) in [4.78, 5) is 17.1. The molecule has 4 aromatic rings. The molecule has 1 amide bonds. The number of methoxy groups -OCH3 is 1. The lowest BCUT2D eigenvalue weighted by Crippen LogP contribution is -2.26. The van der Waals surface area contributed by atoms with Crippen LogP contribution in [-0.2, 0) is 4.79 Å². The normalized spacial score (nSPS) is 15.9. The number of hydrogen-bond donors (Lipinski definition) is 1. The Bertz CT molecular complexity index is 1290. The molecular formula is C21H16F2N4O2S. The fourth-order valence-electron chi connectivity index (χ4n) is 3.89. The van der Waals surface area contributed by atoms with Crippen molar-refractivity contribution in [3.05, 3.63) is 64.9 Å². The van der Waals surface area contributed by atoms with E-state index in [-0.39, 0.29) is 17.9 Å². The fourth-order valence-corrected chi connectivity index (χ4v) is 4.84. The Morgan fingerprint density at radius 1 is 1.20 bits per heavy atom. The first-order chi connectivity index (χ1) is 14.5. The third-order valence-corrected chi connectivity index (χ3v) is 6.21. The van der Waals surface area contributed by atoms with Gasteiger partial charge < -0.3 is 10.1 Å². The predicted octanol–water partition coefficient (Wildman–Crippen LogP) is 4.55. The quantitative estimate of drug-likeness (QED) is 0.522. The van der Waals surface area contributed by atoms with Gasteiger partial charge >= 0.3 is 0 Å². The van der Waals surface area contributed by atoms with Gasteiger partial charge in [0.15, 0.2) is 0 Å². The van der Waals surface area contributed by atoms with Crippen molar-refractivity contribution in [1.82, 2.24) is 14.8 Å². The van der Waals surface area contributed by atoms with Crippen LogP contribution in [0, 0.1) is 18.6 Å². The molecule has 5 rings (SSSR count). The Morgan fingerprint density at radius 2 is 1.97 bits per heavy atom. The summed E-state index contributed by atoms with van der Waals surface area (Å²) in [5.74, 6) is -1.36. The van der Waals surface area contributed by atoms with E-state index < -0.39 is 17.6 Å². The van der Waals surface area contributed by atoms with Crippen molar-refractivity contribution in [2.75, 3.05) is 12.4 Å². The molecule has 3 heterocycles. The summed E-state index contributed by atoms with van der Waals surface area (Å²) in [6, 6.07) is 9.23. The van der Waals surface area contributed by atoms with E-state index in [1.165, 1.54) is 34.2 Å². The maximum absolute atomic E-state index is 14.5. The van der Waals surface area contributed by atoms with Crippen molar-refractivity contribution >= 4 is 33.3 Å². The van der Waals surface area contributed by atoms with Crippen molar-refractivity contribution in [1.29, 1.82) is 0 Å². The molecule has 0 unspecified atom stereocenters. The predicted molar refractivity (Wildman–Crippen MR) is 109 cm³/mol. The number of amides is 1. The number of fused-ring (bicyclic) bond motifs is 2. The zero-order valence-corrected chi connectivity index (χ0v) is 16.9. The summed E-state index contributed by atoms with van der Waals surface area (Å²) in [7, 11) is 1.59. The minimum atomic E-state index is -0.766. The van der Waals surface area contributed by atoms with E-state index in [0.717, 1.165) is 10.2 Å². The summed E-state index contributed by atoms with van der Waals surface area (Å²) in [5.41, 5.74) is 1.81. The molecule has 30 heavy (non-hydrogen) atoms. The number of anilines is 1. The number of ether oxygens (including phenoxy) is 1. The first kappa shape index (κ1) is 18.7. The molecular weight excluding hydrogens is 410 g/mol. The largest absolute Gasteiger partial charge is 0.497 e. The van der Waals surface area contributed by atoms with Crippen molar-refractivity contribution in [3.8, 4) is 10.9 Å². The third-order valence-electron chi connectivity index (χ3n) is 5.22. The summed E-state index contributed by atoms with van der Waals surface area (Å²) >= 11 is 1.38. The van der Waals surface area contributed by atoms with E-state index in [4.69, 9.17) is 4.74 Å². The maximum Gasteiger partial charge on any atom is 0.226 e. The zero-order chi connectivity index (χ0) is 21.0. The number of halogens is 2. The molecule has 1 aliphatic heterocycles. The van der Waals surface area contributed by atoms with Gasteiger partial charge in [-0.05, 0) is 37.3 Å². The van der Waals surface area contributed by atoms with Crippen LogP contribution in [0.5, 0.6) is 5.75 Å². The van der Waals surface area contributed by atoms with Crippen LogP contribution in [0.2, 0.25) is 0 Å². The summed E-state index contributed by atoms with van der Waals surface area (Å²) < 4.78 is 36.7. The average Bonchev–Trinajstić information content (AvgIpc) is 3.27. The highest BCUT2D eigenvalue weighted by Gasteiger charge is 2.36. The van der Waals surface area contributed by atoms with Crippen molar-refractivity contribution < 1.29 is 18.3 Å². The Hall–Kier alpha value is -3.33. The van der Waals surface area contributed by atoms with Crippen LogP contribution in [0.1, 0.15) is 29.2 Å². The monoisotopic (exact) mass is 426 g/mol. The van der Waals surface area contributed by atoms with Gasteiger partial charge in [-0.25, -0.2) is 13.8 Å². The summed E-state index contributed by atoms with van der Waals surface area (Å²) in [5, 5.41) is 7.89. The minimum absolute atomic E-state index is 0.0611. The number of thiazole rings is 1. The van der Waals surface area contributed by atoms with E-state index in [9.17, 15) is 13.6 Å². The van der Waals surface area contributed by atoms with Gasteiger partial charge in [-0.2, -0.15) is 9.78 Å². The zero-order valence-electron chi connectivity index (χ0n) is 16.1. The topological polar surface area (TPSA) is 69.0 Å². The number of carbonyl (C=O) groups excluding carboxylic acids is 1. The molecule has 2 aromatic heterocycles. The van der Waals surface area contributed by atoms with Gasteiger partial charge in [-0.1, -0.05) is 17.4 Å². The maximum atomic E-state index is 14.5. The van der Waals surface area contributed by atoms with E-state index in [0.29, 0.717) is 28.0 Å². The van der Waals surface area contributed by atoms with Crippen LogP contribution in [0.25, 0.3) is 15.3 Å². The Morgan fingerprint density at radius 3 is 2.70 bits per heavy atom. The molecule has 0 aliphatic carbocycles. The highest BCUT2D eigenvalue weighted by molar-refractivity contribution is 7.20. The highest BCUT2D eigenvalue weighted by atomic mass is 32.1. The van der Waals surface area contributed by atoms with Crippen LogP contribution in [-0.4, -0.2) is 27.8 Å². The van der Waals surface area contributed by atoms with E-state index in [1.807, 2.05) is 18.2 Å². The first-order valence-corrected chi connectivity index (χ1v) is 10.1. The molecule has 0 spiro atoms. The highest BCUT2D eigenvalue weighted by Crippen LogP contribution is 2.42. The van der Waals surface area contributed by atoms with E-state index in [2.05, 4.69) is 15.4 Å². The molecule has 152 valence electrons. The molecule has 6 nitrogen and oxygen atoms in total. The van der Waals surface area contributed by atoms with Crippen LogP contribution in [0.15, 0.2) is 36.4 Å². The number of aromatic nitrogens is 3. The molecule has 0 fully saturated rings. The lowest BCUT2D eigenvalue weighted by Gasteiger charge is -2.24. The van der Waals surface area contributed by atoms with Crippen LogP contribution < -0.4 is 10.1 Å². The summed E-state index contributed by atoms with van der Waals surface area (Å²) in [6.07, 6.45) is -0.0611. The molecule has 0 saturated carbocycles. The molecule has 0 bridgehead atoms. The van der Waals surface area contributed by atoms with Crippen molar-refractivity contribution in [3.63, 3.8) is 0 Å². The van der Waals surface area contributed by atoms with Gasteiger partial charge in [0.05, 0.1) is 23.0 Å². The molecule has 0 radical (unpaired) electrons. The number of benzene rings is 2. The molecule has 0 saturated heterocycles. The van der Waals surface area contributed by atoms with Crippen molar-refractivity contribution in [2.45, 2.75) is 19.3 Å². The second kappa shape index (κ2) is 6.88. The lowest BCUT2D eigenvalue weighted by atomic mass is 9.85. The Kier molecular flexibility index (Phi) is 4.28. The minimum Gasteiger partial charge on any atom is -0.497 e. The average molecular weight is 426 g/mol. The van der Waals surface area contributed by atoms with Gasteiger partial charge in [0, 0.05) is 23.5 Å². The number of aryl methyl sites for hydroxylation is 1. The van der Waals surface area contributed by atoms with Crippen molar-refractivity contribution in [2.24, 2.45) is 0 Å². The van der Waals surface area contributed by atoms with Gasteiger partial charge in [-0.15, -0.1) is 0 Å². The third kappa shape index (κ3) is 2.85. The molecule has 1 N–H and O–H groups in total. The lowest BCUT2D eigenvalue weighted by molar-refractivity contribution is -0.116. The Labute approximate surface area is 174 Å². The van der Waals surface area contributed by atoms with Gasteiger partial charge in [-0.3, -0.25) is 4.79 Å². The van der Waals surface area contributed by atoms with Gasteiger partial charge in [0.1, 0.15) is 23.2 Å². The van der Waals surface area contributed by atoms with Crippen LogP contribution in [0.3, 0.4) is 0 Å². The smallest absolute Gasteiger partial charge is 0.226 e. The number of nitrogens with zero attached hydrogens (tertiary/aromatic N) is 3. The summed E-state index contributed by atoms with van der Waals surface area (Å²) in [6.45, 7) is 1.76.